The van der Waals surface area contributed by atoms with Crippen molar-refractivity contribution in [1.82, 2.24) is 0 Å². The van der Waals surface area contributed by atoms with Gasteiger partial charge in [-0.05, 0) is 28.9 Å². The zero-order chi connectivity index (χ0) is 13.5. The molecule has 1 heterocycles. The van der Waals surface area contributed by atoms with Gasteiger partial charge in [0.15, 0.2) is 0 Å². The summed E-state index contributed by atoms with van der Waals surface area (Å²) >= 11 is 2.92. The molecule has 0 amide bonds. The van der Waals surface area contributed by atoms with Gasteiger partial charge in [0.25, 0.3) is 0 Å². The van der Waals surface area contributed by atoms with Gasteiger partial charge in [0.2, 0.25) is 6.36 Å². The zero-order valence-electron chi connectivity index (χ0n) is 9.38. The Morgan fingerprint density at radius 3 is 2.78 bits per heavy atom. The van der Waals surface area contributed by atoms with E-state index in [4.69, 9.17) is 10.5 Å². The molecular weight excluding hydrogens is 313 g/mol. The minimum atomic E-state index is -1.85. The van der Waals surface area contributed by atoms with E-state index < -0.39 is 23.5 Å². The van der Waals surface area contributed by atoms with Gasteiger partial charge >= 0.3 is 0 Å². The van der Waals surface area contributed by atoms with Gasteiger partial charge in [0, 0.05) is 11.6 Å². The maximum absolute atomic E-state index is 13.8. The number of aliphatic imine (C=N–C) groups is 1. The van der Waals surface area contributed by atoms with Crippen molar-refractivity contribution in [1.29, 1.82) is 0 Å². The average Bonchev–Trinajstić information content (AvgIpc) is 2.29. The molecule has 18 heavy (non-hydrogen) atoms. The van der Waals surface area contributed by atoms with Crippen LogP contribution >= 0.6 is 15.9 Å². The molecule has 2 N–H and O–H groups in total. The van der Waals surface area contributed by atoms with Crippen molar-refractivity contribution < 1.29 is 17.9 Å². The number of hydrogen-bond donors (Lipinski definition) is 1. The van der Waals surface area contributed by atoms with E-state index in [0.717, 1.165) is 6.07 Å². The third-order valence-electron chi connectivity index (χ3n) is 2.75. The van der Waals surface area contributed by atoms with Crippen LogP contribution in [-0.4, -0.2) is 18.8 Å². The molecule has 0 fully saturated rings. The summed E-state index contributed by atoms with van der Waals surface area (Å²) in [5.74, 6) is -1.61. The Balaban J connectivity index is 2.59. The maximum atomic E-state index is 13.8. The normalized spacial score (nSPS) is 28.1. The minimum absolute atomic E-state index is 0.0201. The molecule has 1 aromatic rings. The zero-order valence-corrected chi connectivity index (χ0v) is 11.0. The van der Waals surface area contributed by atoms with Crippen molar-refractivity contribution in [2.75, 3.05) is 6.61 Å². The summed E-state index contributed by atoms with van der Waals surface area (Å²) in [6, 6.07) is 1.81. The van der Waals surface area contributed by atoms with Gasteiger partial charge in [-0.3, -0.25) is 4.99 Å². The van der Waals surface area contributed by atoms with Gasteiger partial charge in [-0.2, -0.15) is 0 Å². The Labute approximate surface area is 110 Å². The molecule has 7 heteroatoms. The highest BCUT2D eigenvalue weighted by atomic mass is 79.9. The summed E-state index contributed by atoms with van der Waals surface area (Å²) in [7, 11) is 0. The third kappa shape index (κ3) is 2.12. The molecule has 3 nitrogen and oxygen atoms in total. The van der Waals surface area contributed by atoms with Gasteiger partial charge in [0.1, 0.15) is 29.6 Å². The van der Waals surface area contributed by atoms with Crippen molar-refractivity contribution in [3.63, 3.8) is 0 Å². The van der Waals surface area contributed by atoms with E-state index in [0.29, 0.717) is 6.07 Å². The molecular formula is C11H10BrF3N2O. The van der Waals surface area contributed by atoms with E-state index in [-0.39, 0.29) is 22.5 Å². The van der Waals surface area contributed by atoms with E-state index in [1.54, 1.807) is 0 Å². The monoisotopic (exact) mass is 322 g/mol. The highest BCUT2D eigenvalue weighted by molar-refractivity contribution is 9.10. The van der Waals surface area contributed by atoms with Crippen molar-refractivity contribution in [2.24, 2.45) is 10.7 Å². The van der Waals surface area contributed by atoms with Crippen molar-refractivity contribution in [2.45, 2.75) is 18.8 Å². The number of hydrogen-bond acceptors (Lipinski definition) is 3. The Hall–Kier alpha value is -1.08. The fourth-order valence-electron chi connectivity index (χ4n) is 1.80. The summed E-state index contributed by atoms with van der Waals surface area (Å²) in [5, 5.41) is 0. The first-order valence-corrected chi connectivity index (χ1v) is 5.89. The summed E-state index contributed by atoms with van der Waals surface area (Å²) < 4.78 is 45.6. The van der Waals surface area contributed by atoms with Gasteiger partial charge in [-0.25, -0.2) is 13.2 Å². The first-order chi connectivity index (χ1) is 8.34. The Bertz CT molecular complexity index is 523. The molecule has 0 saturated heterocycles. The predicted octanol–water partition coefficient (Wildman–Crippen LogP) is 2.63. The molecule has 0 radical (unpaired) electrons. The second-order valence-electron chi connectivity index (χ2n) is 4.12. The molecule has 0 spiro atoms. The van der Waals surface area contributed by atoms with Crippen LogP contribution < -0.4 is 5.73 Å². The molecule has 2 atom stereocenters. The SMILES string of the molecule is C[C@@]1(c2cc(Br)c(F)cc2F)N=C(N)CO[C@H]1F. The minimum Gasteiger partial charge on any atom is -0.385 e. The Morgan fingerprint density at radius 1 is 1.44 bits per heavy atom. The molecule has 0 aliphatic carbocycles. The molecule has 0 aromatic heterocycles. The Kier molecular flexibility index (Phi) is 3.37. The number of ether oxygens (including phenoxy) is 1. The highest BCUT2D eigenvalue weighted by Gasteiger charge is 2.42. The standard InChI is InChI=1S/C11H10BrF3N2O/c1-11(10(15)18-4-9(16)17-11)5-2-6(12)8(14)3-7(5)13/h2-3,10H,4H2,1H3,(H2,16,17)/t10-,11+/m1/s1. The van der Waals surface area contributed by atoms with E-state index in [9.17, 15) is 13.2 Å². The van der Waals surface area contributed by atoms with Crippen LogP contribution in [0.5, 0.6) is 0 Å². The van der Waals surface area contributed by atoms with Gasteiger partial charge in [-0.15, -0.1) is 0 Å². The molecule has 98 valence electrons. The summed E-state index contributed by atoms with van der Waals surface area (Å²) in [6.07, 6.45) is -1.85. The van der Waals surface area contributed by atoms with Crippen LogP contribution in [0.4, 0.5) is 13.2 Å². The quantitative estimate of drug-likeness (QED) is 0.808. The second kappa shape index (κ2) is 4.55. The number of amidine groups is 1. The van der Waals surface area contributed by atoms with Crippen LogP contribution in [0.1, 0.15) is 12.5 Å². The fourth-order valence-corrected chi connectivity index (χ4v) is 2.14. The fraction of sp³-hybridized carbons (Fsp3) is 0.364. The molecule has 1 aliphatic heterocycles. The van der Waals surface area contributed by atoms with Gasteiger partial charge in [-0.1, -0.05) is 0 Å². The molecule has 0 bridgehead atoms. The van der Waals surface area contributed by atoms with Gasteiger partial charge < -0.3 is 10.5 Å². The van der Waals surface area contributed by atoms with Crippen LogP contribution in [-0.2, 0) is 10.3 Å². The Morgan fingerprint density at radius 2 is 2.11 bits per heavy atom. The van der Waals surface area contributed by atoms with Gasteiger partial charge in [0.05, 0.1) is 4.47 Å². The van der Waals surface area contributed by atoms with Crippen LogP contribution in [0.3, 0.4) is 0 Å². The van der Waals surface area contributed by atoms with Crippen molar-refractivity contribution in [3.05, 3.63) is 33.8 Å². The van der Waals surface area contributed by atoms with E-state index >= 15 is 0 Å². The lowest BCUT2D eigenvalue weighted by Crippen LogP contribution is -2.43. The lowest BCUT2D eigenvalue weighted by Gasteiger charge is -2.33. The molecule has 0 unspecified atom stereocenters. The van der Waals surface area contributed by atoms with Crippen LogP contribution in [0, 0.1) is 11.6 Å². The smallest absolute Gasteiger partial charge is 0.228 e. The van der Waals surface area contributed by atoms with Crippen LogP contribution in [0.2, 0.25) is 0 Å². The lowest BCUT2D eigenvalue weighted by atomic mass is 9.91. The number of nitrogens with zero attached hydrogens (tertiary/aromatic N) is 1. The lowest BCUT2D eigenvalue weighted by molar-refractivity contribution is -0.0805. The first kappa shape index (κ1) is 13.4. The number of nitrogens with two attached hydrogens (primary N) is 1. The van der Waals surface area contributed by atoms with Crippen molar-refractivity contribution >= 4 is 21.8 Å². The van der Waals surface area contributed by atoms with Crippen LogP contribution in [0.25, 0.3) is 0 Å². The van der Waals surface area contributed by atoms with E-state index in [2.05, 4.69) is 20.9 Å². The molecule has 2 rings (SSSR count). The number of benzene rings is 1. The first-order valence-electron chi connectivity index (χ1n) is 5.09. The summed E-state index contributed by atoms with van der Waals surface area (Å²) in [5.41, 5.74) is 3.74. The second-order valence-corrected chi connectivity index (χ2v) is 4.98. The van der Waals surface area contributed by atoms with Crippen LogP contribution in [0.15, 0.2) is 21.6 Å². The molecule has 1 aromatic carbocycles. The average molecular weight is 323 g/mol. The topological polar surface area (TPSA) is 47.6 Å². The van der Waals surface area contributed by atoms with Crippen molar-refractivity contribution in [3.8, 4) is 0 Å². The number of alkyl halides is 1. The number of rotatable bonds is 1. The number of halogens is 4. The summed E-state index contributed by atoms with van der Waals surface area (Å²) in [6.45, 7) is 1.19. The maximum Gasteiger partial charge on any atom is 0.228 e. The molecule has 1 aliphatic rings. The van der Waals surface area contributed by atoms with E-state index in [1.165, 1.54) is 6.92 Å². The predicted molar refractivity (Wildman–Crippen MR) is 63.9 cm³/mol. The van der Waals surface area contributed by atoms with E-state index in [1.807, 2.05) is 0 Å². The largest absolute Gasteiger partial charge is 0.385 e. The highest BCUT2D eigenvalue weighted by Crippen LogP contribution is 2.37. The third-order valence-corrected chi connectivity index (χ3v) is 3.36. The molecule has 0 saturated carbocycles. The summed E-state index contributed by atoms with van der Waals surface area (Å²) in [4.78, 5) is 3.91.